The van der Waals surface area contributed by atoms with Crippen LogP contribution < -0.4 is 5.73 Å². The molecule has 0 spiro atoms. The molecule has 0 bridgehead atoms. The van der Waals surface area contributed by atoms with Gasteiger partial charge in [-0.15, -0.1) is 0 Å². The third-order valence-corrected chi connectivity index (χ3v) is 4.94. The Kier molecular flexibility index (Phi) is 6.36. The van der Waals surface area contributed by atoms with E-state index in [4.69, 9.17) is 5.73 Å². The first-order valence-electron chi connectivity index (χ1n) is 6.48. The van der Waals surface area contributed by atoms with Crippen molar-refractivity contribution in [2.24, 2.45) is 11.7 Å². The van der Waals surface area contributed by atoms with Gasteiger partial charge in [0.15, 0.2) is 9.84 Å². The SMILES string of the molecule is CC(CN)CS(=O)(=O)CCCCc1ccccc1. The fourth-order valence-electron chi connectivity index (χ4n) is 1.88. The highest BCUT2D eigenvalue weighted by molar-refractivity contribution is 7.91. The molecule has 2 N–H and O–H groups in total. The molecule has 1 atom stereocenters. The number of unbranched alkanes of at least 4 members (excludes halogenated alkanes) is 1. The van der Waals surface area contributed by atoms with Gasteiger partial charge in [-0.1, -0.05) is 37.3 Å². The predicted octanol–water partition coefficient (Wildman–Crippen LogP) is 2.02. The third-order valence-electron chi connectivity index (χ3n) is 2.95. The van der Waals surface area contributed by atoms with Crippen LogP contribution in [0, 0.1) is 5.92 Å². The fraction of sp³-hybridized carbons (Fsp3) is 0.571. The van der Waals surface area contributed by atoms with Crippen molar-refractivity contribution in [3.63, 3.8) is 0 Å². The van der Waals surface area contributed by atoms with Crippen LogP contribution in [0.2, 0.25) is 0 Å². The smallest absolute Gasteiger partial charge is 0.150 e. The van der Waals surface area contributed by atoms with Crippen LogP contribution in [0.1, 0.15) is 25.3 Å². The van der Waals surface area contributed by atoms with Crippen LogP contribution in [-0.4, -0.2) is 26.5 Å². The van der Waals surface area contributed by atoms with Crippen LogP contribution in [0.25, 0.3) is 0 Å². The minimum absolute atomic E-state index is 0.0594. The van der Waals surface area contributed by atoms with Gasteiger partial charge in [0, 0.05) is 0 Å². The molecule has 1 aromatic rings. The van der Waals surface area contributed by atoms with Crippen LogP contribution in [0.3, 0.4) is 0 Å². The maximum Gasteiger partial charge on any atom is 0.150 e. The largest absolute Gasteiger partial charge is 0.330 e. The van der Waals surface area contributed by atoms with Crippen molar-refractivity contribution in [3.8, 4) is 0 Å². The van der Waals surface area contributed by atoms with Gasteiger partial charge in [-0.25, -0.2) is 8.42 Å². The summed E-state index contributed by atoms with van der Waals surface area (Å²) in [5, 5.41) is 0. The Labute approximate surface area is 110 Å². The summed E-state index contributed by atoms with van der Waals surface area (Å²) in [5.74, 6) is 0.558. The molecule has 0 radical (unpaired) electrons. The summed E-state index contributed by atoms with van der Waals surface area (Å²) < 4.78 is 23.5. The Hall–Kier alpha value is -0.870. The van der Waals surface area contributed by atoms with E-state index in [1.54, 1.807) is 0 Å². The second kappa shape index (κ2) is 7.54. The van der Waals surface area contributed by atoms with Crippen LogP contribution >= 0.6 is 0 Å². The predicted molar refractivity (Wildman–Crippen MR) is 76.3 cm³/mol. The third kappa shape index (κ3) is 6.17. The Morgan fingerprint density at radius 3 is 2.44 bits per heavy atom. The average molecular weight is 269 g/mol. The molecule has 102 valence electrons. The summed E-state index contributed by atoms with van der Waals surface area (Å²) in [4.78, 5) is 0. The van der Waals surface area contributed by atoms with Gasteiger partial charge in [-0.05, 0) is 37.3 Å². The van der Waals surface area contributed by atoms with Gasteiger partial charge < -0.3 is 5.73 Å². The Morgan fingerprint density at radius 2 is 1.83 bits per heavy atom. The quantitative estimate of drug-likeness (QED) is 0.734. The number of benzene rings is 1. The number of nitrogens with two attached hydrogens (primary N) is 1. The Bertz CT molecular complexity index is 428. The summed E-state index contributed by atoms with van der Waals surface area (Å²) in [6.07, 6.45) is 2.59. The van der Waals surface area contributed by atoms with Crippen molar-refractivity contribution in [1.29, 1.82) is 0 Å². The summed E-state index contributed by atoms with van der Waals surface area (Å²) in [5.41, 5.74) is 6.71. The van der Waals surface area contributed by atoms with Gasteiger partial charge in [-0.2, -0.15) is 0 Å². The molecule has 0 fully saturated rings. The van der Waals surface area contributed by atoms with Crippen LogP contribution in [-0.2, 0) is 16.3 Å². The maximum absolute atomic E-state index is 11.8. The summed E-state index contributed by atoms with van der Waals surface area (Å²) >= 11 is 0. The lowest BCUT2D eigenvalue weighted by molar-refractivity contribution is 0.570. The summed E-state index contributed by atoms with van der Waals surface area (Å²) in [6, 6.07) is 10.2. The van der Waals surface area contributed by atoms with Crippen molar-refractivity contribution in [2.75, 3.05) is 18.1 Å². The van der Waals surface area contributed by atoms with E-state index in [0.29, 0.717) is 6.54 Å². The minimum atomic E-state index is -2.93. The van der Waals surface area contributed by atoms with Crippen molar-refractivity contribution in [1.82, 2.24) is 0 Å². The molecule has 0 aliphatic heterocycles. The lowest BCUT2D eigenvalue weighted by atomic mass is 10.1. The number of hydrogen-bond donors (Lipinski definition) is 1. The average Bonchev–Trinajstić information content (AvgIpc) is 2.35. The number of sulfone groups is 1. The van der Waals surface area contributed by atoms with E-state index in [2.05, 4.69) is 12.1 Å². The topological polar surface area (TPSA) is 60.2 Å². The van der Waals surface area contributed by atoms with Crippen molar-refractivity contribution < 1.29 is 8.42 Å². The van der Waals surface area contributed by atoms with Gasteiger partial charge in [0.2, 0.25) is 0 Å². The lowest BCUT2D eigenvalue weighted by Crippen LogP contribution is -2.22. The molecule has 4 heteroatoms. The van der Waals surface area contributed by atoms with E-state index >= 15 is 0 Å². The number of rotatable bonds is 8. The molecule has 1 unspecified atom stereocenters. The fourth-order valence-corrected chi connectivity index (χ4v) is 3.69. The first-order valence-corrected chi connectivity index (χ1v) is 8.30. The molecule has 0 aliphatic rings. The maximum atomic E-state index is 11.8. The number of aryl methyl sites for hydroxylation is 1. The highest BCUT2D eigenvalue weighted by Gasteiger charge is 2.14. The highest BCUT2D eigenvalue weighted by Crippen LogP contribution is 2.08. The molecule has 18 heavy (non-hydrogen) atoms. The van der Waals surface area contributed by atoms with Gasteiger partial charge >= 0.3 is 0 Å². The Balaban J connectivity index is 2.25. The molecule has 1 aromatic carbocycles. The van der Waals surface area contributed by atoms with E-state index in [1.807, 2.05) is 25.1 Å². The van der Waals surface area contributed by atoms with Crippen LogP contribution in [0.4, 0.5) is 0 Å². The lowest BCUT2D eigenvalue weighted by Gasteiger charge is -2.09. The van der Waals surface area contributed by atoms with E-state index in [1.165, 1.54) is 5.56 Å². The van der Waals surface area contributed by atoms with Gasteiger partial charge in [0.05, 0.1) is 11.5 Å². The minimum Gasteiger partial charge on any atom is -0.330 e. The molecular weight excluding hydrogens is 246 g/mol. The number of hydrogen-bond acceptors (Lipinski definition) is 3. The van der Waals surface area contributed by atoms with Crippen LogP contribution in [0.15, 0.2) is 30.3 Å². The molecule has 0 saturated heterocycles. The highest BCUT2D eigenvalue weighted by atomic mass is 32.2. The molecule has 0 saturated carbocycles. The van der Waals surface area contributed by atoms with Crippen molar-refractivity contribution in [2.45, 2.75) is 26.2 Å². The van der Waals surface area contributed by atoms with E-state index < -0.39 is 9.84 Å². The van der Waals surface area contributed by atoms with Crippen molar-refractivity contribution >= 4 is 9.84 Å². The van der Waals surface area contributed by atoms with E-state index in [0.717, 1.165) is 19.3 Å². The van der Waals surface area contributed by atoms with Gasteiger partial charge in [0.25, 0.3) is 0 Å². The van der Waals surface area contributed by atoms with Gasteiger partial charge in [-0.3, -0.25) is 0 Å². The first kappa shape index (κ1) is 15.2. The second-order valence-corrected chi connectivity index (χ2v) is 7.13. The molecule has 0 amide bonds. The molecule has 0 aromatic heterocycles. The van der Waals surface area contributed by atoms with Crippen LogP contribution in [0.5, 0.6) is 0 Å². The molecule has 0 heterocycles. The zero-order chi connectivity index (χ0) is 13.4. The first-order chi connectivity index (χ1) is 8.53. The molecular formula is C14H23NO2S. The summed E-state index contributed by atoms with van der Waals surface area (Å²) in [7, 11) is -2.93. The normalized spacial score (nSPS) is 13.4. The zero-order valence-electron chi connectivity index (χ0n) is 11.0. The van der Waals surface area contributed by atoms with E-state index in [-0.39, 0.29) is 17.4 Å². The molecule has 1 rings (SSSR count). The molecule has 0 aliphatic carbocycles. The Morgan fingerprint density at radius 1 is 1.17 bits per heavy atom. The summed E-state index contributed by atoms with van der Waals surface area (Å²) in [6.45, 7) is 2.31. The van der Waals surface area contributed by atoms with Crippen molar-refractivity contribution in [3.05, 3.63) is 35.9 Å². The standard InChI is InChI=1S/C14H23NO2S/c1-13(11-15)12-18(16,17)10-6-5-9-14-7-3-2-4-8-14/h2-4,7-8,13H,5-6,9-12,15H2,1H3. The second-order valence-electron chi connectivity index (χ2n) is 4.90. The van der Waals surface area contributed by atoms with E-state index in [9.17, 15) is 8.42 Å². The van der Waals surface area contributed by atoms with Gasteiger partial charge in [0.1, 0.15) is 0 Å². The monoisotopic (exact) mass is 269 g/mol. The molecule has 3 nitrogen and oxygen atoms in total. The zero-order valence-corrected chi connectivity index (χ0v) is 11.8.